The summed E-state index contributed by atoms with van der Waals surface area (Å²) in [6.07, 6.45) is 0. The molecule has 0 atom stereocenters. The third kappa shape index (κ3) is 2.97. The molecule has 0 unspecified atom stereocenters. The van der Waals surface area contributed by atoms with Gasteiger partial charge in [-0.25, -0.2) is 0 Å². The second kappa shape index (κ2) is 8.76. The Morgan fingerprint density at radius 3 is 0.958 bits per heavy atom. The van der Waals surface area contributed by atoms with Crippen molar-refractivity contribution in [2.45, 2.75) is 0 Å². The molecule has 0 radical (unpaired) electrons. The lowest BCUT2D eigenvalue weighted by Gasteiger charge is -2.23. The van der Waals surface area contributed by atoms with E-state index < -0.39 is 0 Å². The molecule has 48 heavy (non-hydrogen) atoms. The molecular formula is C48H26. The Labute approximate surface area is 275 Å². The highest BCUT2D eigenvalue weighted by Crippen LogP contribution is 2.51. The van der Waals surface area contributed by atoms with Crippen LogP contribution in [0.3, 0.4) is 0 Å². The van der Waals surface area contributed by atoms with Crippen molar-refractivity contribution in [3.63, 3.8) is 0 Å². The average Bonchev–Trinajstić information content (AvgIpc) is 3.15. The van der Waals surface area contributed by atoms with Gasteiger partial charge in [0.2, 0.25) is 0 Å². The molecule has 0 nitrogen and oxygen atoms in total. The quantitative estimate of drug-likeness (QED) is 0.130. The van der Waals surface area contributed by atoms with Crippen molar-refractivity contribution < 1.29 is 0 Å². The minimum Gasteiger partial charge on any atom is -0.0616 e. The van der Waals surface area contributed by atoms with Crippen LogP contribution in [0.4, 0.5) is 0 Å². The second-order valence-corrected chi connectivity index (χ2v) is 13.5. The van der Waals surface area contributed by atoms with Gasteiger partial charge in [-0.05, 0) is 131 Å². The number of hydrogen-bond acceptors (Lipinski definition) is 0. The van der Waals surface area contributed by atoms with E-state index in [0.717, 1.165) is 0 Å². The molecule has 0 aliphatic rings. The molecule has 0 fully saturated rings. The third-order valence-corrected chi connectivity index (χ3v) is 11.3. The molecular weight excluding hydrogens is 577 g/mol. The van der Waals surface area contributed by atoms with Gasteiger partial charge in [-0.2, -0.15) is 0 Å². The maximum absolute atomic E-state index is 2.40. The Morgan fingerprint density at radius 1 is 0.188 bits per heavy atom. The van der Waals surface area contributed by atoms with Gasteiger partial charge in [-0.15, -0.1) is 0 Å². The second-order valence-electron chi connectivity index (χ2n) is 13.5. The van der Waals surface area contributed by atoms with Gasteiger partial charge >= 0.3 is 0 Å². The fourth-order valence-electron chi connectivity index (χ4n) is 9.37. The van der Waals surface area contributed by atoms with Crippen LogP contribution in [0.25, 0.3) is 119 Å². The van der Waals surface area contributed by atoms with Crippen LogP contribution in [-0.2, 0) is 0 Å². The number of fused-ring (bicyclic) bond motifs is 8. The Morgan fingerprint density at radius 2 is 0.521 bits per heavy atom. The summed E-state index contributed by atoms with van der Waals surface area (Å²) in [4.78, 5) is 0. The van der Waals surface area contributed by atoms with Crippen LogP contribution in [0.1, 0.15) is 0 Å². The monoisotopic (exact) mass is 602 g/mol. The van der Waals surface area contributed by atoms with E-state index in [1.165, 1.54) is 119 Å². The van der Waals surface area contributed by atoms with Crippen LogP contribution in [-0.4, -0.2) is 0 Å². The lowest BCUT2D eigenvalue weighted by Crippen LogP contribution is -1.94. The first-order valence-corrected chi connectivity index (χ1v) is 16.9. The van der Waals surface area contributed by atoms with Gasteiger partial charge in [0.15, 0.2) is 0 Å². The minimum absolute atomic E-state index is 1.29. The molecule has 0 heterocycles. The molecule has 0 amide bonds. The van der Waals surface area contributed by atoms with Crippen molar-refractivity contribution in [1.29, 1.82) is 0 Å². The molecule has 0 aromatic heterocycles. The smallest absolute Gasteiger partial charge is 0.00137 e. The molecule has 12 rings (SSSR count). The minimum atomic E-state index is 1.29. The molecule has 12 aromatic carbocycles. The van der Waals surface area contributed by atoms with Crippen LogP contribution in [0.5, 0.6) is 0 Å². The van der Waals surface area contributed by atoms with Crippen molar-refractivity contribution in [2.24, 2.45) is 0 Å². The summed E-state index contributed by atoms with van der Waals surface area (Å²) in [5.74, 6) is 0. The topological polar surface area (TPSA) is 0 Å². The summed E-state index contributed by atoms with van der Waals surface area (Å²) in [5.41, 5.74) is 2.67. The van der Waals surface area contributed by atoms with Gasteiger partial charge < -0.3 is 0 Å². The molecule has 0 aliphatic heterocycles. The molecule has 0 saturated carbocycles. The van der Waals surface area contributed by atoms with E-state index in [-0.39, 0.29) is 0 Å². The van der Waals surface area contributed by atoms with E-state index in [2.05, 4.69) is 158 Å². The summed E-state index contributed by atoms with van der Waals surface area (Å²) >= 11 is 0. The Balaban J connectivity index is 1.36. The molecule has 0 heteroatoms. The van der Waals surface area contributed by atoms with Crippen LogP contribution < -0.4 is 0 Å². The first kappa shape index (κ1) is 24.9. The van der Waals surface area contributed by atoms with E-state index in [1.54, 1.807) is 0 Å². The van der Waals surface area contributed by atoms with E-state index in [9.17, 15) is 0 Å². The molecule has 0 spiro atoms. The molecule has 0 saturated heterocycles. The maximum atomic E-state index is 2.40. The van der Waals surface area contributed by atoms with Crippen LogP contribution in [0.2, 0.25) is 0 Å². The van der Waals surface area contributed by atoms with Crippen molar-refractivity contribution >= 4 is 108 Å². The fourth-order valence-corrected chi connectivity index (χ4v) is 9.37. The predicted molar refractivity (Wildman–Crippen MR) is 209 cm³/mol. The van der Waals surface area contributed by atoms with Crippen molar-refractivity contribution in [3.8, 4) is 11.1 Å². The highest BCUT2D eigenvalue weighted by atomic mass is 14.3. The number of hydrogen-bond donors (Lipinski definition) is 0. The zero-order chi connectivity index (χ0) is 31.1. The summed E-state index contributed by atoms with van der Waals surface area (Å²) in [6, 6.07) is 59.5. The SMILES string of the molecule is c1ccc2c(c1)cc1ccc3c(-c4c5ccccc5c5ccc6c7ccccc7cc7ccc4c5c76)c4ccccc4c4ccc2c1c34. The van der Waals surface area contributed by atoms with Crippen LogP contribution in [0, 0.1) is 0 Å². The van der Waals surface area contributed by atoms with E-state index in [0.29, 0.717) is 0 Å². The summed E-state index contributed by atoms with van der Waals surface area (Å²) < 4.78 is 0. The van der Waals surface area contributed by atoms with Gasteiger partial charge in [-0.3, -0.25) is 0 Å². The number of benzene rings is 12. The lowest BCUT2D eigenvalue weighted by atomic mass is 9.80. The number of rotatable bonds is 1. The first-order valence-electron chi connectivity index (χ1n) is 16.9. The highest BCUT2D eigenvalue weighted by molar-refractivity contribution is 6.41. The standard InChI is InChI=1S/C48H26/c1-3-11-31-27(9-1)25-29-17-19-41-45-39(23-21-37(31)43(29)45)33-13-5-7-15-35(33)47(41)48-36-16-8-6-14-34(36)40-24-22-38-32-12-4-2-10-28(32)26-30-18-20-42(48)46(40)44(30)38/h1-26H. The van der Waals surface area contributed by atoms with Gasteiger partial charge in [0.1, 0.15) is 0 Å². The molecule has 0 bridgehead atoms. The first-order chi connectivity index (χ1) is 23.8. The van der Waals surface area contributed by atoms with Gasteiger partial charge in [0.05, 0.1) is 0 Å². The summed E-state index contributed by atoms with van der Waals surface area (Å²) in [7, 11) is 0. The maximum Gasteiger partial charge on any atom is -0.00137 e. The summed E-state index contributed by atoms with van der Waals surface area (Å²) in [5, 5.41) is 26.5. The molecule has 218 valence electrons. The highest BCUT2D eigenvalue weighted by Gasteiger charge is 2.23. The van der Waals surface area contributed by atoms with E-state index >= 15 is 0 Å². The zero-order valence-corrected chi connectivity index (χ0v) is 26.0. The normalized spacial score (nSPS) is 12.6. The Hall–Kier alpha value is -6.24. The third-order valence-electron chi connectivity index (χ3n) is 11.3. The molecule has 0 aliphatic carbocycles. The van der Waals surface area contributed by atoms with Crippen molar-refractivity contribution in [1.82, 2.24) is 0 Å². The largest absolute Gasteiger partial charge is 0.0616 e. The Bertz CT molecular complexity index is 3100. The van der Waals surface area contributed by atoms with Gasteiger partial charge in [-0.1, -0.05) is 146 Å². The molecule has 12 aromatic rings. The van der Waals surface area contributed by atoms with Crippen molar-refractivity contribution in [2.75, 3.05) is 0 Å². The Kier molecular flexibility index (Phi) is 4.55. The average molecular weight is 603 g/mol. The van der Waals surface area contributed by atoms with E-state index in [4.69, 9.17) is 0 Å². The lowest BCUT2D eigenvalue weighted by molar-refractivity contribution is 1.75. The predicted octanol–water partition coefficient (Wildman–Crippen LogP) is 13.8. The van der Waals surface area contributed by atoms with Crippen LogP contribution >= 0.6 is 0 Å². The van der Waals surface area contributed by atoms with E-state index in [1.807, 2.05) is 0 Å². The fraction of sp³-hybridized carbons (Fsp3) is 0. The van der Waals surface area contributed by atoms with Gasteiger partial charge in [0.25, 0.3) is 0 Å². The zero-order valence-electron chi connectivity index (χ0n) is 26.0. The summed E-state index contributed by atoms with van der Waals surface area (Å²) in [6.45, 7) is 0. The molecule has 0 N–H and O–H groups in total. The van der Waals surface area contributed by atoms with Gasteiger partial charge in [0, 0.05) is 0 Å². The van der Waals surface area contributed by atoms with Crippen molar-refractivity contribution in [3.05, 3.63) is 158 Å². The van der Waals surface area contributed by atoms with Crippen LogP contribution in [0.15, 0.2) is 158 Å².